The Kier molecular flexibility index (Phi) is 8.06. The van der Waals surface area contributed by atoms with Gasteiger partial charge >= 0.3 is 0 Å². The Balaban J connectivity index is 1.44. The van der Waals surface area contributed by atoms with Gasteiger partial charge in [0.15, 0.2) is 0 Å². The summed E-state index contributed by atoms with van der Waals surface area (Å²) in [5, 5.41) is 2.93. The van der Waals surface area contributed by atoms with E-state index in [4.69, 9.17) is 4.74 Å². The highest BCUT2D eigenvalue weighted by atomic mass is 16.5. The molecule has 35 heavy (non-hydrogen) atoms. The van der Waals surface area contributed by atoms with E-state index in [9.17, 15) is 14.4 Å². The van der Waals surface area contributed by atoms with Gasteiger partial charge in [-0.3, -0.25) is 14.4 Å². The average Bonchev–Trinajstić information content (AvgIpc) is 3.37. The fourth-order valence-electron chi connectivity index (χ4n) is 4.85. The molecule has 2 heterocycles. The van der Waals surface area contributed by atoms with Gasteiger partial charge in [0.05, 0.1) is 0 Å². The minimum atomic E-state index is -0.712. The van der Waals surface area contributed by atoms with Crippen LogP contribution in [0.15, 0.2) is 54.6 Å². The van der Waals surface area contributed by atoms with Gasteiger partial charge in [0.2, 0.25) is 11.8 Å². The zero-order chi connectivity index (χ0) is 24.8. The zero-order valence-corrected chi connectivity index (χ0v) is 20.6. The molecule has 0 unspecified atom stereocenters. The van der Waals surface area contributed by atoms with E-state index in [1.54, 1.807) is 29.2 Å². The van der Waals surface area contributed by atoms with Crippen molar-refractivity contribution in [2.45, 2.75) is 58.0 Å². The van der Waals surface area contributed by atoms with Crippen LogP contribution in [0, 0.1) is 5.92 Å². The molecule has 0 aliphatic carbocycles. The summed E-state index contributed by atoms with van der Waals surface area (Å²) in [6.07, 6.45) is 4.66. The highest BCUT2D eigenvalue weighted by molar-refractivity contribution is 5.99. The van der Waals surface area contributed by atoms with Crippen LogP contribution in [0.2, 0.25) is 0 Å². The number of rotatable bonds is 7. The van der Waals surface area contributed by atoms with Crippen molar-refractivity contribution < 1.29 is 19.1 Å². The molecule has 2 saturated heterocycles. The fraction of sp³-hybridized carbons (Fsp3) is 0.464. The lowest BCUT2D eigenvalue weighted by atomic mass is 10.0. The number of ether oxygens (including phenoxy) is 1. The molecule has 0 bridgehead atoms. The number of benzene rings is 2. The normalized spacial score (nSPS) is 18.9. The van der Waals surface area contributed by atoms with Crippen molar-refractivity contribution in [1.82, 2.24) is 15.1 Å². The summed E-state index contributed by atoms with van der Waals surface area (Å²) in [4.78, 5) is 43.5. The summed E-state index contributed by atoms with van der Waals surface area (Å²) in [5.74, 6) is 0.630. The molecule has 4 rings (SSSR count). The molecule has 186 valence electrons. The number of para-hydroxylation sites is 1. The molecular weight excluding hydrogens is 442 g/mol. The molecule has 2 fully saturated rings. The van der Waals surface area contributed by atoms with E-state index in [2.05, 4.69) is 5.32 Å². The molecule has 2 aromatic carbocycles. The molecule has 3 amide bonds. The number of carbonyl (C=O) groups is 3. The van der Waals surface area contributed by atoms with Crippen molar-refractivity contribution in [3.05, 3.63) is 60.2 Å². The summed E-state index contributed by atoms with van der Waals surface area (Å²) >= 11 is 0. The number of hydrogen-bond donors (Lipinski definition) is 1. The van der Waals surface area contributed by atoms with Gasteiger partial charge in [-0.1, -0.05) is 38.1 Å². The number of hydrogen-bond acceptors (Lipinski definition) is 4. The molecule has 0 radical (unpaired) electrons. The molecule has 2 atom stereocenters. The summed E-state index contributed by atoms with van der Waals surface area (Å²) in [6.45, 7) is 5.90. The van der Waals surface area contributed by atoms with Gasteiger partial charge in [0, 0.05) is 25.2 Å². The predicted molar refractivity (Wildman–Crippen MR) is 134 cm³/mol. The Hall–Kier alpha value is -3.35. The third kappa shape index (κ3) is 6.02. The van der Waals surface area contributed by atoms with Crippen molar-refractivity contribution >= 4 is 17.7 Å². The summed E-state index contributed by atoms with van der Waals surface area (Å²) in [5.41, 5.74) is 0.416. The minimum absolute atomic E-state index is 0.0511. The fourth-order valence-corrected chi connectivity index (χ4v) is 4.85. The third-order valence-electron chi connectivity index (χ3n) is 6.78. The zero-order valence-electron chi connectivity index (χ0n) is 20.6. The third-order valence-corrected chi connectivity index (χ3v) is 6.78. The van der Waals surface area contributed by atoms with Crippen LogP contribution in [0.1, 0.15) is 56.3 Å². The van der Waals surface area contributed by atoms with Crippen molar-refractivity contribution in [2.24, 2.45) is 5.92 Å². The van der Waals surface area contributed by atoms with Gasteiger partial charge in [0.1, 0.15) is 23.6 Å². The summed E-state index contributed by atoms with van der Waals surface area (Å²) < 4.78 is 5.85. The smallest absolute Gasteiger partial charge is 0.252 e. The monoisotopic (exact) mass is 477 g/mol. The van der Waals surface area contributed by atoms with Crippen LogP contribution in [0.3, 0.4) is 0 Å². The molecule has 2 aliphatic rings. The maximum Gasteiger partial charge on any atom is 0.252 e. The van der Waals surface area contributed by atoms with Gasteiger partial charge in [-0.2, -0.15) is 0 Å². The van der Waals surface area contributed by atoms with Gasteiger partial charge < -0.3 is 19.9 Å². The Bertz CT molecular complexity index is 1030. The van der Waals surface area contributed by atoms with E-state index in [0.717, 1.165) is 38.8 Å². The van der Waals surface area contributed by atoms with E-state index in [0.29, 0.717) is 30.0 Å². The maximum atomic E-state index is 13.6. The van der Waals surface area contributed by atoms with E-state index >= 15 is 0 Å². The molecule has 0 aromatic heterocycles. The maximum absolute atomic E-state index is 13.6. The molecule has 7 heteroatoms. The van der Waals surface area contributed by atoms with Crippen molar-refractivity contribution in [2.75, 3.05) is 19.6 Å². The lowest BCUT2D eigenvalue weighted by Crippen LogP contribution is -2.56. The van der Waals surface area contributed by atoms with Gasteiger partial charge in [-0.05, 0) is 68.4 Å². The summed E-state index contributed by atoms with van der Waals surface area (Å²) in [7, 11) is 0. The number of piperidine rings is 1. The van der Waals surface area contributed by atoms with Crippen LogP contribution in [0.25, 0.3) is 0 Å². The van der Waals surface area contributed by atoms with Crippen LogP contribution >= 0.6 is 0 Å². The number of nitrogens with zero attached hydrogens (tertiary/aromatic N) is 2. The van der Waals surface area contributed by atoms with Gasteiger partial charge in [0.25, 0.3) is 5.91 Å². The first kappa shape index (κ1) is 24.8. The number of amides is 3. The second-order valence-corrected chi connectivity index (χ2v) is 9.71. The molecule has 7 nitrogen and oxygen atoms in total. The second kappa shape index (κ2) is 11.4. The Labute approximate surface area is 207 Å². The molecule has 1 N–H and O–H groups in total. The first-order valence-electron chi connectivity index (χ1n) is 12.7. The number of likely N-dealkylation sites (tertiary alicyclic amines) is 2. The first-order valence-corrected chi connectivity index (χ1v) is 12.7. The van der Waals surface area contributed by atoms with Crippen LogP contribution in [0.4, 0.5) is 0 Å². The molecule has 0 spiro atoms. The van der Waals surface area contributed by atoms with Gasteiger partial charge in [-0.25, -0.2) is 0 Å². The molecule has 0 saturated carbocycles. The van der Waals surface area contributed by atoms with Crippen molar-refractivity contribution in [1.29, 1.82) is 0 Å². The van der Waals surface area contributed by atoms with Crippen LogP contribution in [-0.4, -0.2) is 59.2 Å². The predicted octanol–water partition coefficient (Wildman–Crippen LogP) is 4.24. The average molecular weight is 478 g/mol. The van der Waals surface area contributed by atoms with Crippen molar-refractivity contribution in [3.8, 4) is 11.5 Å². The van der Waals surface area contributed by atoms with E-state index in [1.165, 1.54) is 0 Å². The van der Waals surface area contributed by atoms with Crippen LogP contribution < -0.4 is 10.1 Å². The van der Waals surface area contributed by atoms with Crippen molar-refractivity contribution in [3.63, 3.8) is 0 Å². The standard InChI is InChI=1S/C28H35N3O4/c1-20(2)25(28(34)31-18-10-15-24(31)27(33)30-16-7-4-8-17-30)29-26(32)21-11-9-14-23(19-21)35-22-12-5-3-6-13-22/h3,5-6,9,11-14,19-20,24-25H,4,7-8,10,15-18H2,1-2H3,(H,29,32)/t24-,25-/m0/s1. The highest BCUT2D eigenvalue weighted by Gasteiger charge is 2.40. The van der Waals surface area contributed by atoms with E-state index in [-0.39, 0.29) is 23.6 Å². The van der Waals surface area contributed by atoms with E-state index in [1.807, 2.05) is 49.1 Å². The van der Waals surface area contributed by atoms with Crippen LogP contribution in [0.5, 0.6) is 11.5 Å². The Morgan fingerprint density at radius 3 is 2.31 bits per heavy atom. The number of carbonyl (C=O) groups excluding carboxylic acids is 3. The lowest BCUT2D eigenvalue weighted by molar-refractivity contribution is -0.145. The Morgan fingerprint density at radius 2 is 1.60 bits per heavy atom. The summed E-state index contributed by atoms with van der Waals surface area (Å²) in [6, 6.07) is 15.1. The SMILES string of the molecule is CC(C)[C@H](NC(=O)c1cccc(Oc2ccccc2)c1)C(=O)N1CCC[C@H]1C(=O)N1CCCCC1. The minimum Gasteiger partial charge on any atom is -0.457 e. The van der Waals surface area contributed by atoms with E-state index < -0.39 is 12.1 Å². The molecular formula is C28H35N3O4. The largest absolute Gasteiger partial charge is 0.457 e. The highest BCUT2D eigenvalue weighted by Crippen LogP contribution is 2.25. The second-order valence-electron chi connectivity index (χ2n) is 9.71. The first-order chi connectivity index (χ1) is 16.9. The van der Waals surface area contributed by atoms with Gasteiger partial charge in [-0.15, -0.1) is 0 Å². The lowest BCUT2D eigenvalue weighted by Gasteiger charge is -2.34. The number of nitrogens with one attached hydrogen (secondary N) is 1. The quantitative estimate of drug-likeness (QED) is 0.647. The molecule has 2 aromatic rings. The topological polar surface area (TPSA) is 79.0 Å². The molecule has 2 aliphatic heterocycles. The Morgan fingerprint density at radius 1 is 0.886 bits per heavy atom. The van der Waals surface area contributed by atoms with Crippen LogP contribution in [-0.2, 0) is 9.59 Å².